The van der Waals surface area contributed by atoms with Crippen LogP contribution in [0.25, 0.3) is 4.48 Å². The second kappa shape index (κ2) is 6.24. The van der Waals surface area contributed by atoms with Gasteiger partial charge in [0.15, 0.2) is 0 Å². The fourth-order valence-electron chi connectivity index (χ4n) is 1.64. The first-order valence-electron chi connectivity index (χ1n) is 5.83. The molecule has 0 spiro atoms. The molecular formula is C15H12Br2O2S. The van der Waals surface area contributed by atoms with Gasteiger partial charge < -0.3 is 0 Å². The van der Waals surface area contributed by atoms with Gasteiger partial charge in [-0.1, -0.05) is 45.8 Å². The van der Waals surface area contributed by atoms with Gasteiger partial charge in [-0.25, -0.2) is 8.42 Å². The van der Waals surface area contributed by atoms with Crippen molar-refractivity contribution in [3.8, 4) is 0 Å². The third kappa shape index (κ3) is 3.81. The van der Waals surface area contributed by atoms with Crippen molar-refractivity contribution >= 4 is 46.2 Å². The molecule has 0 N–H and O–H groups in total. The number of halogens is 2. The van der Waals surface area contributed by atoms with Crippen molar-refractivity contribution in [3.05, 3.63) is 69.5 Å². The van der Waals surface area contributed by atoms with E-state index in [1.54, 1.807) is 24.3 Å². The predicted octanol–water partition coefficient (Wildman–Crippen LogP) is 4.92. The molecule has 0 bridgehead atoms. The van der Waals surface area contributed by atoms with E-state index >= 15 is 0 Å². The molecule has 5 heteroatoms. The van der Waals surface area contributed by atoms with Gasteiger partial charge in [-0.15, -0.1) is 0 Å². The van der Waals surface area contributed by atoms with Crippen molar-refractivity contribution in [2.24, 2.45) is 0 Å². The van der Waals surface area contributed by atoms with Crippen LogP contribution in [0.2, 0.25) is 0 Å². The molecule has 0 saturated heterocycles. The average Bonchev–Trinajstić information content (AvgIpc) is 2.38. The first-order chi connectivity index (χ1) is 9.38. The summed E-state index contributed by atoms with van der Waals surface area (Å²) in [4.78, 5) is 0.287. The van der Waals surface area contributed by atoms with Crippen molar-refractivity contribution in [2.75, 3.05) is 0 Å². The number of hydrogen-bond donors (Lipinski definition) is 0. The topological polar surface area (TPSA) is 34.1 Å². The standard InChI is InChI=1S/C15H12Br2O2S/c1-11-5-7-14(8-6-11)20(18,19)10-15(17)12-3-2-4-13(16)9-12/h2-10H,1H3/b15-10-. The Morgan fingerprint density at radius 3 is 2.35 bits per heavy atom. The Balaban J connectivity index is 2.40. The van der Waals surface area contributed by atoms with Gasteiger partial charge in [-0.2, -0.15) is 0 Å². The van der Waals surface area contributed by atoms with E-state index in [1.807, 2.05) is 31.2 Å². The number of benzene rings is 2. The lowest BCUT2D eigenvalue weighted by Gasteiger charge is -2.03. The molecule has 2 nitrogen and oxygen atoms in total. The molecule has 0 aliphatic rings. The van der Waals surface area contributed by atoms with E-state index in [0.717, 1.165) is 15.6 Å². The average molecular weight is 416 g/mol. The van der Waals surface area contributed by atoms with Crippen LogP contribution >= 0.6 is 31.9 Å². The molecule has 0 unspecified atom stereocenters. The zero-order valence-electron chi connectivity index (χ0n) is 10.7. The van der Waals surface area contributed by atoms with E-state index in [2.05, 4.69) is 31.9 Å². The first kappa shape index (κ1) is 15.5. The minimum atomic E-state index is -3.46. The van der Waals surface area contributed by atoms with Crippen LogP contribution in [0.4, 0.5) is 0 Å². The molecule has 0 aliphatic carbocycles. The number of aryl methyl sites for hydroxylation is 1. The summed E-state index contributed by atoms with van der Waals surface area (Å²) < 4.78 is 26.0. The Morgan fingerprint density at radius 1 is 1.10 bits per heavy atom. The fourth-order valence-corrected chi connectivity index (χ4v) is 4.08. The lowest BCUT2D eigenvalue weighted by atomic mass is 10.2. The van der Waals surface area contributed by atoms with Crippen LogP contribution in [0.1, 0.15) is 11.1 Å². The third-order valence-electron chi connectivity index (χ3n) is 2.71. The van der Waals surface area contributed by atoms with Crippen molar-refractivity contribution in [1.29, 1.82) is 0 Å². The molecule has 0 amide bonds. The molecule has 0 radical (unpaired) electrons. The van der Waals surface area contributed by atoms with Gasteiger partial charge in [0.1, 0.15) is 0 Å². The maximum Gasteiger partial charge on any atom is 0.200 e. The monoisotopic (exact) mass is 414 g/mol. The first-order valence-corrected chi connectivity index (χ1v) is 8.96. The maximum absolute atomic E-state index is 12.3. The van der Waals surface area contributed by atoms with Crippen LogP contribution in [0, 0.1) is 6.92 Å². The summed E-state index contributed by atoms with van der Waals surface area (Å²) in [7, 11) is -3.46. The van der Waals surface area contributed by atoms with Crippen LogP contribution < -0.4 is 0 Å². The highest BCUT2D eigenvalue weighted by molar-refractivity contribution is 9.15. The summed E-state index contributed by atoms with van der Waals surface area (Å²) >= 11 is 6.69. The molecule has 2 aromatic carbocycles. The highest BCUT2D eigenvalue weighted by atomic mass is 79.9. The van der Waals surface area contributed by atoms with E-state index in [-0.39, 0.29) is 4.90 Å². The zero-order chi connectivity index (χ0) is 14.8. The van der Waals surface area contributed by atoms with Crippen LogP contribution in [0.5, 0.6) is 0 Å². The van der Waals surface area contributed by atoms with E-state index in [1.165, 1.54) is 5.41 Å². The largest absolute Gasteiger partial charge is 0.219 e. The Hall–Kier alpha value is -0.910. The van der Waals surface area contributed by atoms with Crippen LogP contribution in [0.15, 0.2) is 63.3 Å². The molecule has 0 aliphatic heterocycles. The van der Waals surface area contributed by atoms with E-state index < -0.39 is 9.84 Å². The summed E-state index contributed by atoms with van der Waals surface area (Å²) in [6.07, 6.45) is 0. The van der Waals surface area contributed by atoms with Crippen molar-refractivity contribution in [2.45, 2.75) is 11.8 Å². The summed E-state index contributed by atoms with van der Waals surface area (Å²) in [6.45, 7) is 1.92. The Morgan fingerprint density at radius 2 is 1.75 bits per heavy atom. The zero-order valence-corrected chi connectivity index (χ0v) is 14.7. The van der Waals surface area contributed by atoms with Gasteiger partial charge in [0.25, 0.3) is 0 Å². The molecule has 2 rings (SSSR count). The molecule has 2 aromatic rings. The predicted molar refractivity (Wildman–Crippen MR) is 89.4 cm³/mol. The van der Waals surface area contributed by atoms with E-state index in [0.29, 0.717) is 4.48 Å². The SMILES string of the molecule is Cc1ccc(S(=O)(=O)/C=C(\Br)c2cccc(Br)c2)cc1. The van der Waals surface area contributed by atoms with Crippen molar-refractivity contribution < 1.29 is 8.42 Å². The highest BCUT2D eigenvalue weighted by Crippen LogP contribution is 2.27. The summed E-state index contributed by atoms with van der Waals surface area (Å²) in [6, 6.07) is 14.2. The van der Waals surface area contributed by atoms with Crippen molar-refractivity contribution in [3.63, 3.8) is 0 Å². The lowest BCUT2D eigenvalue weighted by Crippen LogP contribution is -1.97. The van der Waals surface area contributed by atoms with Crippen molar-refractivity contribution in [1.82, 2.24) is 0 Å². The Labute approximate surface area is 135 Å². The Bertz CT molecular complexity index is 748. The molecular weight excluding hydrogens is 404 g/mol. The Kier molecular flexibility index (Phi) is 4.83. The van der Waals surface area contributed by atoms with Gasteiger partial charge in [-0.05, 0) is 52.7 Å². The van der Waals surface area contributed by atoms with E-state index in [4.69, 9.17) is 0 Å². The van der Waals surface area contributed by atoms with Crippen LogP contribution in [-0.4, -0.2) is 8.42 Å². The molecule has 0 aromatic heterocycles. The number of hydrogen-bond acceptors (Lipinski definition) is 2. The highest BCUT2D eigenvalue weighted by Gasteiger charge is 2.12. The minimum Gasteiger partial charge on any atom is -0.219 e. The molecule has 20 heavy (non-hydrogen) atoms. The van der Waals surface area contributed by atoms with E-state index in [9.17, 15) is 8.42 Å². The second-order valence-corrected chi connectivity index (χ2v) is 7.90. The maximum atomic E-state index is 12.3. The normalized spacial score (nSPS) is 12.4. The third-order valence-corrected chi connectivity index (χ3v) is 5.67. The summed E-state index contributed by atoms with van der Waals surface area (Å²) in [5.41, 5.74) is 1.83. The quantitative estimate of drug-likeness (QED) is 0.712. The fraction of sp³-hybridized carbons (Fsp3) is 0.0667. The van der Waals surface area contributed by atoms with Gasteiger partial charge in [0.2, 0.25) is 9.84 Å². The van der Waals surface area contributed by atoms with Gasteiger partial charge in [0.05, 0.1) is 10.3 Å². The summed E-state index contributed by atoms with van der Waals surface area (Å²) in [5.74, 6) is 0. The smallest absolute Gasteiger partial charge is 0.200 e. The van der Waals surface area contributed by atoms with Gasteiger partial charge in [0, 0.05) is 8.96 Å². The van der Waals surface area contributed by atoms with Gasteiger partial charge >= 0.3 is 0 Å². The molecule has 0 atom stereocenters. The molecule has 104 valence electrons. The number of sulfone groups is 1. The number of rotatable bonds is 3. The molecule has 0 heterocycles. The molecule has 0 saturated carbocycles. The van der Waals surface area contributed by atoms with Crippen LogP contribution in [-0.2, 0) is 9.84 Å². The minimum absolute atomic E-state index is 0.287. The van der Waals surface area contributed by atoms with Gasteiger partial charge in [-0.3, -0.25) is 0 Å². The lowest BCUT2D eigenvalue weighted by molar-refractivity contribution is 0.605. The molecule has 0 fully saturated rings. The second-order valence-electron chi connectivity index (χ2n) is 4.33. The van der Waals surface area contributed by atoms with Crippen LogP contribution in [0.3, 0.4) is 0 Å². The summed E-state index contributed by atoms with van der Waals surface area (Å²) in [5, 5.41) is 1.24.